The van der Waals surface area contributed by atoms with Crippen LogP contribution in [0.3, 0.4) is 0 Å². The van der Waals surface area contributed by atoms with Crippen LogP contribution >= 0.6 is 12.4 Å². The Bertz CT molecular complexity index is 548. The molecule has 2 rings (SSSR count). The van der Waals surface area contributed by atoms with Crippen LogP contribution in [-0.4, -0.2) is 31.7 Å². The van der Waals surface area contributed by atoms with E-state index in [1.165, 1.54) is 0 Å². The fourth-order valence-corrected chi connectivity index (χ4v) is 2.99. The molecule has 1 amide bonds. The van der Waals surface area contributed by atoms with E-state index < -0.39 is 0 Å². The fourth-order valence-electron chi connectivity index (χ4n) is 2.99. The van der Waals surface area contributed by atoms with Crippen molar-refractivity contribution >= 4 is 18.3 Å². The van der Waals surface area contributed by atoms with Gasteiger partial charge in [0.05, 0.1) is 19.3 Å². The van der Waals surface area contributed by atoms with E-state index in [2.05, 4.69) is 24.5 Å². The smallest absolute Gasteiger partial charge is 0.222 e. The van der Waals surface area contributed by atoms with Crippen LogP contribution in [0.1, 0.15) is 64.5 Å². The van der Waals surface area contributed by atoms with Crippen molar-refractivity contribution in [2.75, 3.05) is 19.8 Å². The first-order valence-electron chi connectivity index (χ1n) is 9.56. The van der Waals surface area contributed by atoms with Gasteiger partial charge in [0.25, 0.3) is 0 Å². The Morgan fingerprint density at radius 3 is 2.54 bits per heavy atom. The van der Waals surface area contributed by atoms with Gasteiger partial charge in [-0.25, -0.2) is 0 Å². The van der Waals surface area contributed by atoms with Crippen LogP contribution in [0.5, 0.6) is 11.5 Å². The highest BCUT2D eigenvalue weighted by molar-refractivity contribution is 5.85. The van der Waals surface area contributed by atoms with Gasteiger partial charge in [0.1, 0.15) is 0 Å². The number of carbonyl (C=O) groups is 1. The number of amides is 1. The standard InChI is InChI=1S/C20H32N2O3.ClH/c1-4-11-24-18-9-8-16(13-19(18)25-12-5-2)15(3)22-20(23)14-17-7-6-10-21-17;/h8-9,13,15,17,21H,4-7,10-12,14H2,1-3H3,(H,22,23);1H. The molecule has 1 saturated heterocycles. The summed E-state index contributed by atoms with van der Waals surface area (Å²) in [5.41, 5.74) is 1.03. The molecule has 1 aromatic rings. The van der Waals surface area contributed by atoms with Crippen molar-refractivity contribution in [3.05, 3.63) is 23.8 Å². The third-order valence-electron chi connectivity index (χ3n) is 4.36. The highest BCUT2D eigenvalue weighted by atomic mass is 35.5. The van der Waals surface area contributed by atoms with Gasteiger partial charge in [0.15, 0.2) is 11.5 Å². The van der Waals surface area contributed by atoms with E-state index in [0.717, 1.165) is 49.3 Å². The minimum atomic E-state index is -0.0573. The van der Waals surface area contributed by atoms with E-state index in [-0.39, 0.29) is 24.4 Å². The normalized spacial score (nSPS) is 17.3. The van der Waals surface area contributed by atoms with Crippen molar-refractivity contribution in [3.8, 4) is 11.5 Å². The number of hydrogen-bond acceptors (Lipinski definition) is 4. The number of benzene rings is 1. The monoisotopic (exact) mass is 384 g/mol. The number of halogens is 1. The molecule has 2 unspecified atom stereocenters. The highest BCUT2D eigenvalue weighted by Crippen LogP contribution is 2.31. The maximum atomic E-state index is 12.2. The van der Waals surface area contributed by atoms with Crippen LogP contribution in [0.2, 0.25) is 0 Å². The summed E-state index contributed by atoms with van der Waals surface area (Å²) in [5, 5.41) is 6.46. The number of ether oxygens (including phenoxy) is 2. The number of rotatable bonds is 10. The third kappa shape index (κ3) is 7.04. The lowest BCUT2D eigenvalue weighted by molar-refractivity contribution is -0.122. The van der Waals surface area contributed by atoms with Gasteiger partial charge in [0.2, 0.25) is 5.91 Å². The van der Waals surface area contributed by atoms with E-state index in [9.17, 15) is 4.79 Å². The lowest BCUT2D eigenvalue weighted by Crippen LogP contribution is -2.33. The molecule has 6 heteroatoms. The second-order valence-corrected chi connectivity index (χ2v) is 6.69. The van der Waals surface area contributed by atoms with Gasteiger partial charge in [-0.05, 0) is 56.8 Å². The Balaban J connectivity index is 0.00000338. The predicted octanol–water partition coefficient (Wildman–Crippen LogP) is 4.01. The summed E-state index contributed by atoms with van der Waals surface area (Å²) in [6.07, 6.45) is 4.68. The van der Waals surface area contributed by atoms with Crippen LogP contribution in [0.15, 0.2) is 18.2 Å². The molecule has 0 spiro atoms. The van der Waals surface area contributed by atoms with Gasteiger partial charge in [-0.15, -0.1) is 12.4 Å². The van der Waals surface area contributed by atoms with Gasteiger partial charge in [0, 0.05) is 12.5 Å². The number of nitrogens with one attached hydrogen (secondary N) is 2. The molecule has 0 saturated carbocycles. The Morgan fingerprint density at radius 1 is 1.23 bits per heavy atom. The SMILES string of the molecule is CCCOc1ccc(C(C)NC(=O)CC2CCCN2)cc1OCCC.Cl. The van der Waals surface area contributed by atoms with E-state index in [0.29, 0.717) is 25.7 Å². The maximum absolute atomic E-state index is 12.2. The summed E-state index contributed by atoms with van der Waals surface area (Å²) in [5.74, 6) is 1.62. The van der Waals surface area contributed by atoms with E-state index in [4.69, 9.17) is 9.47 Å². The van der Waals surface area contributed by atoms with Gasteiger partial charge < -0.3 is 20.1 Å². The van der Waals surface area contributed by atoms with Crippen molar-refractivity contribution in [3.63, 3.8) is 0 Å². The molecule has 0 aliphatic carbocycles. The Morgan fingerprint density at radius 2 is 1.92 bits per heavy atom. The summed E-state index contributed by atoms with van der Waals surface area (Å²) in [6, 6.07) is 6.19. The van der Waals surface area contributed by atoms with Crippen molar-refractivity contribution in [1.29, 1.82) is 0 Å². The average Bonchev–Trinajstić information content (AvgIpc) is 3.11. The first-order chi connectivity index (χ1) is 12.1. The van der Waals surface area contributed by atoms with Gasteiger partial charge in [-0.2, -0.15) is 0 Å². The zero-order valence-electron chi connectivity index (χ0n) is 16.2. The molecule has 0 aromatic heterocycles. The third-order valence-corrected chi connectivity index (χ3v) is 4.36. The lowest BCUT2D eigenvalue weighted by atomic mass is 10.1. The number of carbonyl (C=O) groups excluding carboxylic acids is 1. The van der Waals surface area contributed by atoms with Crippen LogP contribution in [0.25, 0.3) is 0 Å². The lowest BCUT2D eigenvalue weighted by Gasteiger charge is -2.19. The topological polar surface area (TPSA) is 59.6 Å². The Labute approximate surface area is 163 Å². The summed E-state index contributed by atoms with van der Waals surface area (Å²) >= 11 is 0. The quantitative estimate of drug-likeness (QED) is 0.640. The van der Waals surface area contributed by atoms with E-state index in [1.807, 2.05) is 25.1 Å². The zero-order valence-corrected chi connectivity index (χ0v) is 17.0. The molecule has 148 valence electrons. The second-order valence-electron chi connectivity index (χ2n) is 6.69. The van der Waals surface area contributed by atoms with Crippen molar-refractivity contribution in [2.45, 2.75) is 65.0 Å². The molecule has 1 aliphatic rings. The molecule has 1 heterocycles. The highest BCUT2D eigenvalue weighted by Gasteiger charge is 2.19. The molecule has 26 heavy (non-hydrogen) atoms. The zero-order chi connectivity index (χ0) is 18.1. The van der Waals surface area contributed by atoms with E-state index in [1.54, 1.807) is 0 Å². The Kier molecular flexibility index (Phi) is 10.4. The van der Waals surface area contributed by atoms with Crippen LogP contribution in [0, 0.1) is 0 Å². The summed E-state index contributed by atoms with van der Waals surface area (Å²) in [6.45, 7) is 8.51. The summed E-state index contributed by atoms with van der Waals surface area (Å²) < 4.78 is 11.6. The molecule has 1 aromatic carbocycles. The molecular formula is C20H33ClN2O3. The van der Waals surface area contributed by atoms with Crippen LogP contribution in [-0.2, 0) is 4.79 Å². The van der Waals surface area contributed by atoms with Gasteiger partial charge >= 0.3 is 0 Å². The second kappa shape index (κ2) is 12.0. The van der Waals surface area contributed by atoms with Gasteiger partial charge in [-0.1, -0.05) is 19.9 Å². The Hall–Kier alpha value is -1.46. The van der Waals surface area contributed by atoms with Crippen molar-refractivity contribution in [2.24, 2.45) is 0 Å². The summed E-state index contributed by atoms with van der Waals surface area (Å²) in [4.78, 5) is 12.2. The summed E-state index contributed by atoms with van der Waals surface area (Å²) in [7, 11) is 0. The predicted molar refractivity (Wildman–Crippen MR) is 107 cm³/mol. The van der Waals surface area contributed by atoms with Crippen LogP contribution in [0.4, 0.5) is 0 Å². The maximum Gasteiger partial charge on any atom is 0.222 e. The molecule has 0 radical (unpaired) electrons. The molecule has 5 nitrogen and oxygen atoms in total. The molecule has 1 aliphatic heterocycles. The van der Waals surface area contributed by atoms with Gasteiger partial charge in [-0.3, -0.25) is 4.79 Å². The molecule has 1 fully saturated rings. The van der Waals surface area contributed by atoms with Crippen LogP contribution < -0.4 is 20.1 Å². The molecule has 2 atom stereocenters. The molecular weight excluding hydrogens is 352 g/mol. The minimum Gasteiger partial charge on any atom is -0.490 e. The fraction of sp³-hybridized carbons (Fsp3) is 0.650. The molecule has 2 N–H and O–H groups in total. The van der Waals surface area contributed by atoms with E-state index >= 15 is 0 Å². The minimum absolute atomic E-state index is 0. The first-order valence-corrected chi connectivity index (χ1v) is 9.56. The van der Waals surface area contributed by atoms with Crippen molar-refractivity contribution in [1.82, 2.24) is 10.6 Å². The largest absolute Gasteiger partial charge is 0.490 e. The van der Waals surface area contributed by atoms with Crippen molar-refractivity contribution < 1.29 is 14.3 Å². The number of hydrogen-bond donors (Lipinski definition) is 2. The first kappa shape index (κ1) is 22.6. The average molecular weight is 385 g/mol. The molecule has 0 bridgehead atoms.